The minimum Gasteiger partial charge on any atom is -0.326 e. The standard InChI is InChI=1S/C21H24N4O4S2/c1-14(2)12-18-5-4-16(13-22)21(24-18)30-11-10-20(27)23-17-6-8-19(9-7-17)31(28,29)25-15(3)26/h4-9,14H,10-12H2,1-3H3,(H,23,27)(H,25,26). The van der Waals surface area contributed by atoms with Crippen LogP contribution in [0.15, 0.2) is 46.3 Å². The average Bonchev–Trinajstić information content (AvgIpc) is 2.67. The van der Waals surface area contributed by atoms with E-state index in [4.69, 9.17) is 0 Å². The van der Waals surface area contributed by atoms with Gasteiger partial charge in [0.05, 0.1) is 10.5 Å². The molecule has 0 unspecified atom stereocenters. The fourth-order valence-corrected chi connectivity index (χ4v) is 4.56. The quantitative estimate of drug-likeness (QED) is 0.550. The van der Waals surface area contributed by atoms with Crippen LogP contribution in [-0.4, -0.2) is 31.0 Å². The summed E-state index contributed by atoms with van der Waals surface area (Å²) in [7, 11) is -3.92. The first-order valence-electron chi connectivity index (χ1n) is 9.57. The van der Waals surface area contributed by atoms with Gasteiger partial charge in [0.1, 0.15) is 11.1 Å². The summed E-state index contributed by atoms with van der Waals surface area (Å²) in [5, 5.41) is 12.6. The van der Waals surface area contributed by atoms with Crippen molar-refractivity contribution in [3.8, 4) is 6.07 Å². The van der Waals surface area contributed by atoms with E-state index < -0.39 is 15.9 Å². The lowest BCUT2D eigenvalue weighted by Crippen LogP contribution is -2.28. The van der Waals surface area contributed by atoms with Crippen LogP contribution in [0.25, 0.3) is 0 Å². The highest BCUT2D eigenvalue weighted by molar-refractivity contribution is 7.99. The summed E-state index contributed by atoms with van der Waals surface area (Å²) in [6.07, 6.45) is 1.00. The molecule has 0 aliphatic rings. The van der Waals surface area contributed by atoms with Crippen LogP contribution < -0.4 is 10.0 Å². The maximum absolute atomic E-state index is 12.2. The first-order chi connectivity index (χ1) is 14.6. The first kappa shape index (κ1) is 24.4. The van der Waals surface area contributed by atoms with Gasteiger partial charge in [-0.15, -0.1) is 11.8 Å². The van der Waals surface area contributed by atoms with E-state index in [-0.39, 0.29) is 17.2 Å². The van der Waals surface area contributed by atoms with Crippen molar-refractivity contribution < 1.29 is 18.0 Å². The molecule has 0 aliphatic carbocycles. The highest BCUT2D eigenvalue weighted by Gasteiger charge is 2.15. The Kier molecular flexibility index (Phi) is 8.59. The molecule has 0 aliphatic heterocycles. The smallest absolute Gasteiger partial charge is 0.264 e. The fourth-order valence-electron chi connectivity index (χ4n) is 2.64. The van der Waals surface area contributed by atoms with E-state index in [1.165, 1.54) is 36.0 Å². The highest BCUT2D eigenvalue weighted by Crippen LogP contribution is 2.22. The third kappa shape index (κ3) is 7.70. The summed E-state index contributed by atoms with van der Waals surface area (Å²) in [6.45, 7) is 5.30. The van der Waals surface area contributed by atoms with E-state index in [0.29, 0.717) is 27.9 Å². The molecule has 0 atom stereocenters. The highest BCUT2D eigenvalue weighted by atomic mass is 32.2. The lowest BCUT2D eigenvalue weighted by molar-refractivity contribution is -0.117. The maximum Gasteiger partial charge on any atom is 0.264 e. The molecule has 0 radical (unpaired) electrons. The van der Waals surface area contributed by atoms with Crippen LogP contribution in [0.4, 0.5) is 5.69 Å². The summed E-state index contributed by atoms with van der Waals surface area (Å²) in [5.74, 6) is -0.0441. The van der Waals surface area contributed by atoms with Crippen molar-refractivity contribution in [1.82, 2.24) is 9.71 Å². The van der Waals surface area contributed by atoms with E-state index >= 15 is 0 Å². The van der Waals surface area contributed by atoms with Crippen molar-refractivity contribution >= 4 is 39.3 Å². The Balaban J connectivity index is 1.93. The third-order valence-electron chi connectivity index (χ3n) is 3.95. The van der Waals surface area contributed by atoms with E-state index in [1.54, 1.807) is 6.07 Å². The number of thioether (sulfide) groups is 1. The van der Waals surface area contributed by atoms with Crippen molar-refractivity contribution in [3.05, 3.63) is 47.7 Å². The molecular formula is C21H24N4O4S2. The van der Waals surface area contributed by atoms with Crippen LogP contribution in [0.1, 0.15) is 38.4 Å². The molecule has 1 heterocycles. The van der Waals surface area contributed by atoms with Gasteiger partial charge in [-0.2, -0.15) is 5.26 Å². The predicted octanol–water partition coefficient (Wildman–Crippen LogP) is 3.10. The van der Waals surface area contributed by atoms with Crippen LogP contribution in [0.5, 0.6) is 0 Å². The summed E-state index contributed by atoms with van der Waals surface area (Å²) in [5.41, 5.74) is 1.83. The van der Waals surface area contributed by atoms with Crippen LogP contribution >= 0.6 is 11.8 Å². The minimum atomic E-state index is -3.92. The number of pyridine rings is 1. The number of carbonyl (C=O) groups is 2. The van der Waals surface area contributed by atoms with Gasteiger partial charge < -0.3 is 5.32 Å². The second-order valence-corrected chi connectivity index (χ2v) is 9.96. The number of rotatable bonds is 9. The van der Waals surface area contributed by atoms with Gasteiger partial charge in [-0.05, 0) is 48.7 Å². The van der Waals surface area contributed by atoms with Crippen LogP contribution in [-0.2, 0) is 26.0 Å². The number of benzene rings is 1. The van der Waals surface area contributed by atoms with Crippen molar-refractivity contribution in [1.29, 1.82) is 5.26 Å². The predicted molar refractivity (Wildman–Crippen MR) is 119 cm³/mol. The second kappa shape index (κ2) is 10.9. The van der Waals surface area contributed by atoms with Crippen molar-refractivity contribution in [2.24, 2.45) is 5.92 Å². The Morgan fingerprint density at radius 3 is 2.42 bits per heavy atom. The molecule has 164 valence electrons. The summed E-state index contributed by atoms with van der Waals surface area (Å²) in [4.78, 5) is 27.7. The number of sulfonamides is 1. The lowest BCUT2D eigenvalue weighted by Gasteiger charge is -2.09. The zero-order chi connectivity index (χ0) is 23.0. The van der Waals surface area contributed by atoms with Crippen molar-refractivity contribution in [3.63, 3.8) is 0 Å². The van der Waals surface area contributed by atoms with Gasteiger partial charge in [0.15, 0.2) is 0 Å². The van der Waals surface area contributed by atoms with Gasteiger partial charge >= 0.3 is 0 Å². The zero-order valence-electron chi connectivity index (χ0n) is 17.5. The number of aromatic nitrogens is 1. The Labute approximate surface area is 186 Å². The van der Waals surface area contributed by atoms with Gasteiger partial charge in [0.2, 0.25) is 11.8 Å². The molecule has 8 nitrogen and oxygen atoms in total. The van der Waals surface area contributed by atoms with Gasteiger partial charge in [-0.25, -0.2) is 18.1 Å². The molecule has 1 aromatic heterocycles. The Hall–Kier alpha value is -2.90. The zero-order valence-corrected chi connectivity index (χ0v) is 19.1. The summed E-state index contributed by atoms with van der Waals surface area (Å²) < 4.78 is 25.7. The number of hydrogen-bond acceptors (Lipinski definition) is 7. The normalized spacial score (nSPS) is 11.1. The third-order valence-corrected chi connectivity index (χ3v) is 6.39. The van der Waals surface area contributed by atoms with E-state index in [1.807, 2.05) is 10.8 Å². The summed E-state index contributed by atoms with van der Waals surface area (Å²) in [6, 6.07) is 11.2. The first-order valence-corrected chi connectivity index (χ1v) is 12.0. The lowest BCUT2D eigenvalue weighted by atomic mass is 10.1. The number of amides is 2. The molecule has 0 saturated carbocycles. The number of nitrogens with one attached hydrogen (secondary N) is 2. The molecule has 2 amide bonds. The van der Waals surface area contributed by atoms with Gasteiger partial charge in [-0.1, -0.05) is 13.8 Å². The van der Waals surface area contributed by atoms with Crippen molar-refractivity contribution in [2.45, 2.75) is 43.5 Å². The topological polar surface area (TPSA) is 129 Å². The molecule has 0 bridgehead atoms. The van der Waals surface area contributed by atoms with E-state index in [2.05, 4.69) is 30.2 Å². The molecule has 0 fully saturated rings. The monoisotopic (exact) mass is 460 g/mol. The van der Waals surface area contributed by atoms with Crippen LogP contribution in [0, 0.1) is 17.2 Å². The SMILES string of the molecule is CC(=O)NS(=O)(=O)c1ccc(NC(=O)CCSc2nc(CC(C)C)ccc2C#N)cc1. The maximum atomic E-state index is 12.2. The molecule has 2 N–H and O–H groups in total. The number of hydrogen-bond donors (Lipinski definition) is 2. The van der Waals surface area contributed by atoms with E-state index in [9.17, 15) is 23.3 Å². The molecule has 0 saturated heterocycles. The molecule has 10 heteroatoms. The minimum absolute atomic E-state index is 0.0763. The molecule has 31 heavy (non-hydrogen) atoms. The summed E-state index contributed by atoms with van der Waals surface area (Å²) >= 11 is 1.35. The number of nitrogens with zero attached hydrogens (tertiary/aromatic N) is 2. The number of nitriles is 1. The molecular weight excluding hydrogens is 436 g/mol. The Bertz CT molecular complexity index is 1090. The largest absolute Gasteiger partial charge is 0.326 e. The molecule has 1 aromatic carbocycles. The number of anilines is 1. The fraction of sp³-hybridized carbons (Fsp3) is 0.333. The van der Waals surface area contributed by atoms with Gasteiger partial charge in [0.25, 0.3) is 10.0 Å². The molecule has 2 rings (SSSR count). The van der Waals surface area contributed by atoms with Gasteiger partial charge in [-0.3, -0.25) is 9.59 Å². The average molecular weight is 461 g/mol. The van der Waals surface area contributed by atoms with E-state index in [0.717, 1.165) is 19.0 Å². The molecule has 0 spiro atoms. The van der Waals surface area contributed by atoms with Crippen LogP contribution in [0.2, 0.25) is 0 Å². The number of carbonyl (C=O) groups excluding carboxylic acids is 2. The van der Waals surface area contributed by atoms with Gasteiger partial charge in [0, 0.05) is 30.5 Å². The second-order valence-electron chi connectivity index (χ2n) is 7.20. The van der Waals surface area contributed by atoms with Crippen molar-refractivity contribution in [2.75, 3.05) is 11.1 Å². The van der Waals surface area contributed by atoms with Crippen LogP contribution in [0.3, 0.4) is 0 Å². The Morgan fingerprint density at radius 1 is 1.16 bits per heavy atom. The molecule has 2 aromatic rings. The Morgan fingerprint density at radius 2 is 1.84 bits per heavy atom.